The van der Waals surface area contributed by atoms with Crippen LogP contribution in [-0.4, -0.2) is 36.1 Å². The number of hydrogen-bond acceptors (Lipinski definition) is 7. The smallest absolute Gasteiger partial charge is 0.425 e. The molecule has 0 atom stereocenters. The lowest BCUT2D eigenvalue weighted by atomic mass is 10.1. The number of nitrogens with one attached hydrogen (secondary N) is 1. The second kappa shape index (κ2) is 12.0. The second-order valence-electron chi connectivity index (χ2n) is 7.84. The first-order valence-corrected chi connectivity index (χ1v) is 12.3. The van der Waals surface area contributed by atoms with Crippen molar-refractivity contribution < 1.29 is 22.7 Å². The lowest BCUT2D eigenvalue weighted by Gasteiger charge is -2.09. The van der Waals surface area contributed by atoms with E-state index in [4.69, 9.17) is 5.11 Å². The maximum atomic E-state index is 14.6. The normalized spacial score (nSPS) is 11.3. The van der Waals surface area contributed by atoms with E-state index in [-0.39, 0.29) is 5.56 Å². The van der Waals surface area contributed by atoms with Crippen molar-refractivity contribution in [2.45, 2.75) is 43.8 Å². The lowest BCUT2D eigenvalue weighted by molar-refractivity contribution is -0.140. The summed E-state index contributed by atoms with van der Waals surface area (Å²) >= 11 is 1.53. The van der Waals surface area contributed by atoms with E-state index in [1.54, 1.807) is 34.3 Å². The summed E-state index contributed by atoms with van der Waals surface area (Å²) in [5.74, 6) is -1.33. The summed E-state index contributed by atoms with van der Waals surface area (Å²) in [6.07, 6.45) is 5.81. The zero-order valence-electron chi connectivity index (χ0n) is 19.8. The molecule has 0 fully saturated rings. The Balaban J connectivity index is 0.000000266. The number of nitrogens with zero attached hydrogens (tertiary/aromatic N) is 4. The summed E-state index contributed by atoms with van der Waals surface area (Å²) in [6, 6.07) is 4.80. The summed E-state index contributed by atoms with van der Waals surface area (Å²) in [4.78, 5) is 32.4. The molecule has 0 aliphatic carbocycles. The number of H-pyrrole nitrogens is 1. The number of rotatable bonds is 6. The molecule has 37 heavy (non-hydrogen) atoms. The quantitative estimate of drug-likeness (QED) is 0.202. The van der Waals surface area contributed by atoms with Crippen LogP contribution in [0.2, 0.25) is 0 Å². The fraction of sp³-hybridized carbons (Fsp3) is 0.292. The SMILES string of the molecule is CCCCCn1ccc2cc(-c3ncc(SC)cn3)c(F)cc2c1=O.O=c1[nH]ncc(O)c1C(F)(F)F. The zero-order valence-corrected chi connectivity index (χ0v) is 20.7. The van der Waals surface area contributed by atoms with E-state index >= 15 is 0 Å². The molecule has 0 spiro atoms. The summed E-state index contributed by atoms with van der Waals surface area (Å²) in [5.41, 5.74) is -2.93. The van der Waals surface area contributed by atoms with Gasteiger partial charge in [-0.25, -0.2) is 19.5 Å². The number of aromatic amines is 1. The number of pyridine rings is 1. The molecule has 0 amide bonds. The van der Waals surface area contributed by atoms with E-state index in [1.165, 1.54) is 17.8 Å². The molecule has 0 unspecified atom stereocenters. The number of halogens is 4. The highest BCUT2D eigenvalue weighted by atomic mass is 32.2. The lowest BCUT2D eigenvalue weighted by Crippen LogP contribution is -2.22. The summed E-state index contributed by atoms with van der Waals surface area (Å²) in [7, 11) is 0. The Bertz CT molecular complexity index is 1490. The summed E-state index contributed by atoms with van der Waals surface area (Å²) in [6.45, 7) is 2.78. The van der Waals surface area contributed by atoms with E-state index in [0.29, 0.717) is 34.9 Å². The molecule has 3 aromatic heterocycles. The van der Waals surface area contributed by atoms with Crippen molar-refractivity contribution in [2.75, 3.05) is 6.26 Å². The number of thioether (sulfide) groups is 1. The maximum Gasteiger partial charge on any atom is 0.425 e. The van der Waals surface area contributed by atoms with Crippen molar-refractivity contribution in [1.29, 1.82) is 0 Å². The first kappa shape index (κ1) is 27.8. The highest BCUT2D eigenvalue weighted by Crippen LogP contribution is 2.31. The van der Waals surface area contributed by atoms with Crippen LogP contribution in [0.15, 0.2) is 57.5 Å². The maximum absolute atomic E-state index is 14.6. The van der Waals surface area contributed by atoms with E-state index in [1.807, 2.05) is 12.3 Å². The Hall–Kier alpha value is -3.74. The Kier molecular flexibility index (Phi) is 9.03. The average Bonchev–Trinajstić information content (AvgIpc) is 2.85. The fourth-order valence-corrected chi connectivity index (χ4v) is 3.73. The van der Waals surface area contributed by atoms with Gasteiger partial charge in [0.25, 0.3) is 11.1 Å². The molecular formula is C24H23F4N5O3S. The molecule has 0 saturated heterocycles. The van der Waals surface area contributed by atoms with Gasteiger partial charge in [0.05, 0.1) is 17.1 Å². The predicted octanol–water partition coefficient (Wildman–Crippen LogP) is 5.00. The zero-order chi connectivity index (χ0) is 27.2. The number of hydrogen-bond donors (Lipinski definition) is 2. The third-order valence-electron chi connectivity index (χ3n) is 5.29. The molecule has 4 aromatic rings. The molecule has 0 aliphatic heterocycles. The number of aromatic hydroxyl groups is 1. The largest absolute Gasteiger partial charge is 0.505 e. The van der Waals surface area contributed by atoms with Gasteiger partial charge in [-0.1, -0.05) is 19.8 Å². The van der Waals surface area contributed by atoms with Gasteiger partial charge >= 0.3 is 6.18 Å². The Morgan fingerprint density at radius 1 is 1.11 bits per heavy atom. The molecule has 4 rings (SSSR count). The second-order valence-corrected chi connectivity index (χ2v) is 8.72. The first-order chi connectivity index (χ1) is 17.6. The topological polar surface area (TPSA) is 114 Å². The predicted molar refractivity (Wildman–Crippen MR) is 132 cm³/mol. The van der Waals surface area contributed by atoms with Crippen LogP contribution in [-0.2, 0) is 12.7 Å². The van der Waals surface area contributed by atoms with Gasteiger partial charge in [-0.2, -0.15) is 18.3 Å². The van der Waals surface area contributed by atoms with Crippen LogP contribution in [0, 0.1) is 5.82 Å². The summed E-state index contributed by atoms with van der Waals surface area (Å²) < 4.78 is 51.9. The number of aryl methyl sites for hydroxylation is 1. The van der Waals surface area contributed by atoms with Gasteiger partial charge in [0.2, 0.25) is 0 Å². The van der Waals surface area contributed by atoms with Crippen molar-refractivity contribution in [3.05, 3.63) is 75.1 Å². The number of aromatic nitrogens is 5. The average molecular weight is 538 g/mol. The minimum absolute atomic E-state index is 0.155. The van der Waals surface area contributed by atoms with Crippen LogP contribution in [0.4, 0.5) is 17.6 Å². The third-order valence-corrected chi connectivity index (χ3v) is 5.97. The molecule has 0 radical (unpaired) electrons. The van der Waals surface area contributed by atoms with E-state index in [2.05, 4.69) is 22.0 Å². The van der Waals surface area contributed by atoms with Crippen molar-refractivity contribution in [3.8, 4) is 17.1 Å². The van der Waals surface area contributed by atoms with Gasteiger partial charge < -0.3 is 9.67 Å². The van der Waals surface area contributed by atoms with Crippen molar-refractivity contribution >= 4 is 22.5 Å². The van der Waals surface area contributed by atoms with Gasteiger partial charge in [-0.05, 0) is 36.3 Å². The standard InChI is InChI=1S/C19H20FN3OS.C5H3F3N2O2/c1-3-4-5-7-23-8-6-13-9-16(17(20)10-15(13)19(23)24)18-21-11-14(25-2)12-22-18;6-5(7,8)3-2(11)1-9-10-4(3)12/h6,8-12H,3-5,7H2,1-2H3;1H,(H2,10,11,12). The Morgan fingerprint density at radius 3 is 2.38 bits per heavy atom. The summed E-state index contributed by atoms with van der Waals surface area (Å²) in [5, 5.41) is 14.2. The molecule has 13 heteroatoms. The number of alkyl halides is 3. The Morgan fingerprint density at radius 2 is 1.81 bits per heavy atom. The van der Waals surface area contributed by atoms with Crippen LogP contribution in [0.3, 0.4) is 0 Å². The van der Waals surface area contributed by atoms with Gasteiger partial charge in [0.1, 0.15) is 5.82 Å². The molecule has 8 nitrogen and oxygen atoms in total. The number of fused-ring (bicyclic) bond motifs is 1. The van der Waals surface area contributed by atoms with Gasteiger partial charge in [-0.3, -0.25) is 9.59 Å². The molecule has 1 aromatic carbocycles. The molecule has 0 bridgehead atoms. The minimum Gasteiger partial charge on any atom is -0.505 e. The molecule has 0 aliphatic rings. The van der Waals surface area contributed by atoms with Gasteiger partial charge in [0.15, 0.2) is 17.1 Å². The van der Waals surface area contributed by atoms with Crippen molar-refractivity contribution in [2.24, 2.45) is 0 Å². The van der Waals surface area contributed by atoms with Crippen LogP contribution in [0.5, 0.6) is 5.75 Å². The highest BCUT2D eigenvalue weighted by Gasteiger charge is 2.37. The van der Waals surface area contributed by atoms with Gasteiger partial charge in [0, 0.05) is 30.0 Å². The van der Waals surface area contributed by atoms with E-state index in [0.717, 1.165) is 24.2 Å². The molecule has 196 valence electrons. The van der Waals surface area contributed by atoms with Crippen LogP contribution in [0.1, 0.15) is 31.7 Å². The fourth-order valence-electron chi connectivity index (χ4n) is 3.41. The molecule has 3 heterocycles. The molecule has 2 N–H and O–H groups in total. The number of unbranched alkanes of at least 4 members (excludes halogenated alkanes) is 2. The van der Waals surface area contributed by atoms with Crippen molar-refractivity contribution in [3.63, 3.8) is 0 Å². The minimum atomic E-state index is -4.86. The van der Waals surface area contributed by atoms with E-state index < -0.39 is 28.9 Å². The molecule has 0 saturated carbocycles. The van der Waals surface area contributed by atoms with Gasteiger partial charge in [-0.15, -0.1) is 11.8 Å². The molecular weight excluding hydrogens is 514 g/mol. The Labute approximate surface area is 212 Å². The van der Waals surface area contributed by atoms with Crippen LogP contribution >= 0.6 is 11.8 Å². The third kappa shape index (κ3) is 6.73. The van der Waals surface area contributed by atoms with Crippen LogP contribution in [0.25, 0.3) is 22.2 Å². The highest BCUT2D eigenvalue weighted by molar-refractivity contribution is 7.98. The first-order valence-electron chi connectivity index (χ1n) is 11.1. The van der Waals surface area contributed by atoms with Crippen LogP contribution < -0.4 is 11.1 Å². The van der Waals surface area contributed by atoms with E-state index in [9.17, 15) is 27.2 Å². The monoisotopic (exact) mass is 537 g/mol. The number of benzene rings is 1. The van der Waals surface area contributed by atoms with Crippen molar-refractivity contribution in [1.82, 2.24) is 24.7 Å².